The van der Waals surface area contributed by atoms with Crippen LogP contribution in [0, 0.1) is 5.92 Å². The smallest absolute Gasteiger partial charge is 0.387 e. The van der Waals surface area contributed by atoms with Crippen molar-refractivity contribution in [2.45, 2.75) is 19.1 Å². The summed E-state index contributed by atoms with van der Waals surface area (Å²) in [4.78, 5) is 14.1. The van der Waals surface area contributed by atoms with Gasteiger partial charge in [-0.2, -0.15) is 8.78 Å². The first-order valence-electron chi connectivity index (χ1n) is 6.71. The number of benzene rings is 1. The lowest BCUT2D eigenvalue weighted by Crippen LogP contribution is -2.33. The molecule has 0 spiro atoms. The molecule has 0 unspecified atom stereocenters. The van der Waals surface area contributed by atoms with Crippen LogP contribution in [0.4, 0.5) is 8.78 Å². The van der Waals surface area contributed by atoms with Gasteiger partial charge in [-0.1, -0.05) is 0 Å². The minimum Gasteiger partial charge on any atom is -0.435 e. The maximum absolute atomic E-state index is 12.3. The minimum absolute atomic E-state index is 0.0511. The maximum atomic E-state index is 12.3. The summed E-state index contributed by atoms with van der Waals surface area (Å²) in [5.41, 5.74) is 0.506. The van der Waals surface area contributed by atoms with E-state index in [0.717, 1.165) is 26.1 Å². The molecule has 1 amide bonds. The number of likely N-dealkylation sites (tertiary alicyclic amines) is 1. The monoisotopic (exact) mass is 282 g/mol. The van der Waals surface area contributed by atoms with Gasteiger partial charge in [-0.05, 0) is 43.1 Å². The van der Waals surface area contributed by atoms with Crippen LogP contribution in [0.15, 0.2) is 24.3 Å². The number of carbonyl (C=O) groups excluding carboxylic acids is 1. The number of hydrogen-bond donors (Lipinski definition) is 1. The third-order valence-electron chi connectivity index (χ3n) is 3.98. The summed E-state index contributed by atoms with van der Waals surface area (Å²) in [6, 6.07) is 6.26. The van der Waals surface area contributed by atoms with Crippen LogP contribution in [0.25, 0.3) is 0 Å². The molecule has 2 fully saturated rings. The van der Waals surface area contributed by atoms with Crippen molar-refractivity contribution >= 4 is 5.91 Å². The highest BCUT2D eigenvalue weighted by atomic mass is 19.3. The zero-order valence-corrected chi connectivity index (χ0v) is 10.9. The first kappa shape index (κ1) is 13.3. The number of halogens is 2. The van der Waals surface area contributed by atoms with Gasteiger partial charge in [-0.3, -0.25) is 4.79 Å². The van der Waals surface area contributed by atoms with E-state index in [9.17, 15) is 13.6 Å². The van der Waals surface area contributed by atoms with Gasteiger partial charge in [-0.25, -0.2) is 0 Å². The van der Waals surface area contributed by atoms with Gasteiger partial charge in [0, 0.05) is 24.7 Å². The lowest BCUT2D eigenvalue weighted by Gasteiger charge is -2.17. The number of fused-ring (bicyclic) bond motifs is 1. The zero-order chi connectivity index (χ0) is 14.1. The van der Waals surface area contributed by atoms with Crippen molar-refractivity contribution in [3.8, 4) is 5.75 Å². The van der Waals surface area contributed by atoms with Gasteiger partial charge in [0.05, 0.1) is 0 Å². The van der Waals surface area contributed by atoms with Crippen molar-refractivity contribution in [1.82, 2.24) is 10.2 Å². The van der Waals surface area contributed by atoms with Crippen LogP contribution < -0.4 is 10.1 Å². The molecule has 0 saturated carbocycles. The van der Waals surface area contributed by atoms with Crippen LogP contribution in [0.3, 0.4) is 0 Å². The quantitative estimate of drug-likeness (QED) is 0.918. The Morgan fingerprint density at radius 1 is 1.30 bits per heavy atom. The molecule has 0 aromatic heterocycles. The van der Waals surface area contributed by atoms with Gasteiger partial charge >= 0.3 is 6.61 Å². The summed E-state index contributed by atoms with van der Waals surface area (Å²) in [6.07, 6.45) is 1.11. The molecule has 2 aliphatic rings. The van der Waals surface area contributed by atoms with Gasteiger partial charge in [0.2, 0.25) is 0 Å². The van der Waals surface area contributed by atoms with E-state index in [1.165, 1.54) is 24.3 Å². The molecule has 2 heterocycles. The van der Waals surface area contributed by atoms with Gasteiger partial charge in [0.1, 0.15) is 5.75 Å². The highest BCUT2D eigenvalue weighted by molar-refractivity contribution is 5.94. The van der Waals surface area contributed by atoms with E-state index in [2.05, 4.69) is 10.1 Å². The predicted octanol–water partition coefficient (Wildman–Crippen LogP) is 1.72. The van der Waals surface area contributed by atoms with Crippen LogP contribution in [0.2, 0.25) is 0 Å². The van der Waals surface area contributed by atoms with E-state index in [4.69, 9.17) is 0 Å². The Hall–Kier alpha value is -1.69. The van der Waals surface area contributed by atoms with Gasteiger partial charge in [-0.15, -0.1) is 0 Å². The van der Waals surface area contributed by atoms with Crippen molar-refractivity contribution < 1.29 is 18.3 Å². The van der Waals surface area contributed by atoms with Crippen LogP contribution in [-0.4, -0.2) is 43.1 Å². The molecular formula is C14H16F2N2O2. The highest BCUT2D eigenvalue weighted by Gasteiger charge is 2.38. The number of hydrogen-bond acceptors (Lipinski definition) is 3. The van der Waals surface area contributed by atoms with E-state index in [1.807, 2.05) is 4.90 Å². The summed E-state index contributed by atoms with van der Waals surface area (Å²) in [5.74, 6) is 0.557. The van der Waals surface area contributed by atoms with E-state index in [0.29, 0.717) is 17.5 Å². The number of nitrogens with one attached hydrogen (secondary N) is 1. The van der Waals surface area contributed by atoms with Crippen LogP contribution in [-0.2, 0) is 0 Å². The lowest BCUT2D eigenvalue weighted by molar-refractivity contribution is -0.0498. The first-order chi connectivity index (χ1) is 9.63. The zero-order valence-electron chi connectivity index (χ0n) is 10.9. The topological polar surface area (TPSA) is 41.6 Å². The molecule has 0 radical (unpaired) electrons. The third-order valence-corrected chi connectivity index (χ3v) is 3.98. The lowest BCUT2D eigenvalue weighted by atomic mass is 10.1. The molecule has 4 nitrogen and oxygen atoms in total. The Morgan fingerprint density at radius 3 is 2.70 bits per heavy atom. The average molecular weight is 282 g/mol. The fourth-order valence-electron chi connectivity index (χ4n) is 2.98. The number of ether oxygens (including phenoxy) is 1. The molecule has 2 aliphatic heterocycles. The first-order valence-corrected chi connectivity index (χ1v) is 6.71. The number of carbonyl (C=O) groups is 1. The second kappa shape index (κ2) is 5.36. The largest absolute Gasteiger partial charge is 0.435 e. The van der Waals surface area contributed by atoms with Crippen molar-refractivity contribution in [2.75, 3.05) is 19.6 Å². The summed E-state index contributed by atoms with van der Waals surface area (Å²) in [6.45, 7) is -0.331. The normalized spacial score (nSPS) is 25.1. The van der Waals surface area contributed by atoms with Crippen LogP contribution >= 0.6 is 0 Å². The minimum atomic E-state index is -2.85. The summed E-state index contributed by atoms with van der Waals surface area (Å²) >= 11 is 0. The Bertz CT molecular complexity index is 480. The van der Waals surface area contributed by atoms with E-state index in [1.54, 1.807) is 0 Å². The molecule has 2 atom stereocenters. The van der Waals surface area contributed by atoms with Crippen molar-refractivity contribution in [2.24, 2.45) is 5.92 Å². The van der Waals surface area contributed by atoms with Crippen molar-refractivity contribution in [3.63, 3.8) is 0 Å². The molecule has 20 heavy (non-hydrogen) atoms. The molecule has 6 heteroatoms. The molecule has 2 saturated heterocycles. The van der Waals surface area contributed by atoms with E-state index < -0.39 is 6.61 Å². The number of nitrogens with zero attached hydrogens (tertiary/aromatic N) is 1. The number of alkyl halides is 2. The van der Waals surface area contributed by atoms with Gasteiger partial charge < -0.3 is 15.0 Å². The molecule has 108 valence electrons. The highest BCUT2D eigenvalue weighted by Crippen LogP contribution is 2.26. The third kappa shape index (κ3) is 2.60. The molecule has 0 aliphatic carbocycles. The van der Waals surface area contributed by atoms with E-state index >= 15 is 0 Å². The molecule has 1 N–H and O–H groups in total. The second-order valence-electron chi connectivity index (χ2n) is 5.22. The standard InChI is InChI=1S/C14H16F2N2O2/c15-14(16)20-11-3-1-9(2-4-11)13(19)18-7-10-5-6-17-12(10)8-18/h1-4,10,12,14,17H,5-8H2/t10-,12+/m0/s1. The molecule has 1 aromatic carbocycles. The van der Waals surface area contributed by atoms with E-state index in [-0.39, 0.29) is 11.7 Å². The van der Waals surface area contributed by atoms with Crippen molar-refractivity contribution in [3.05, 3.63) is 29.8 Å². The molecular weight excluding hydrogens is 266 g/mol. The maximum Gasteiger partial charge on any atom is 0.387 e. The Labute approximate surface area is 115 Å². The van der Waals surface area contributed by atoms with Crippen LogP contribution in [0.1, 0.15) is 16.8 Å². The summed E-state index contributed by atoms with van der Waals surface area (Å²) < 4.78 is 28.4. The number of amides is 1. The summed E-state index contributed by atoms with van der Waals surface area (Å²) in [5, 5.41) is 3.39. The summed E-state index contributed by atoms with van der Waals surface area (Å²) in [7, 11) is 0. The fraction of sp³-hybridized carbons (Fsp3) is 0.500. The molecule has 1 aromatic rings. The van der Waals surface area contributed by atoms with Gasteiger partial charge in [0.15, 0.2) is 0 Å². The Kier molecular flexibility index (Phi) is 3.56. The fourth-order valence-corrected chi connectivity index (χ4v) is 2.98. The molecule has 0 bridgehead atoms. The average Bonchev–Trinajstić information content (AvgIpc) is 2.98. The predicted molar refractivity (Wildman–Crippen MR) is 68.9 cm³/mol. The van der Waals surface area contributed by atoms with Crippen molar-refractivity contribution in [1.29, 1.82) is 0 Å². The molecule has 3 rings (SSSR count). The Morgan fingerprint density at radius 2 is 2.05 bits per heavy atom. The second-order valence-corrected chi connectivity index (χ2v) is 5.22. The van der Waals surface area contributed by atoms with Crippen LogP contribution in [0.5, 0.6) is 5.75 Å². The Balaban J connectivity index is 1.65. The van der Waals surface area contributed by atoms with Gasteiger partial charge in [0.25, 0.3) is 5.91 Å². The SMILES string of the molecule is O=C(c1ccc(OC(F)F)cc1)N1C[C@@H]2CCN[C@@H]2C1. The number of rotatable bonds is 3.